The van der Waals surface area contributed by atoms with Gasteiger partial charge in [0.25, 0.3) is 0 Å². The van der Waals surface area contributed by atoms with Crippen LogP contribution >= 0.6 is 0 Å². The molecule has 0 saturated heterocycles. The Hall–Kier alpha value is -5.76. The van der Waals surface area contributed by atoms with Gasteiger partial charge in [0.1, 0.15) is 0 Å². The fourth-order valence-electron chi connectivity index (χ4n) is 8.92. The van der Waals surface area contributed by atoms with Gasteiger partial charge >= 0.3 is 0 Å². The van der Waals surface area contributed by atoms with Crippen LogP contribution in [0.2, 0.25) is 0 Å². The summed E-state index contributed by atoms with van der Waals surface area (Å²) in [4.78, 5) is 0. The zero-order valence-electron chi connectivity index (χ0n) is 33.6. The number of hydrogen-bond donors (Lipinski definition) is 1. The number of hydrogen-bond acceptors (Lipinski definition) is 1. The Bertz CT molecular complexity index is 2430. The highest BCUT2D eigenvalue weighted by Gasteiger charge is 2.52. The maximum atomic E-state index is 6.67. The molecule has 0 spiro atoms. The molecule has 3 aliphatic rings. The van der Waals surface area contributed by atoms with Crippen molar-refractivity contribution in [1.29, 1.82) is 0 Å². The van der Waals surface area contributed by atoms with Crippen molar-refractivity contribution in [3.8, 4) is 0 Å². The molecule has 0 heterocycles. The van der Waals surface area contributed by atoms with Gasteiger partial charge in [-0.25, -0.2) is 0 Å². The summed E-state index contributed by atoms with van der Waals surface area (Å²) in [6.07, 6.45) is 35.5. The molecule has 0 fully saturated rings. The highest BCUT2D eigenvalue weighted by Crippen LogP contribution is 2.61. The molecule has 1 nitrogen and oxygen atoms in total. The fourth-order valence-corrected chi connectivity index (χ4v) is 8.92. The Morgan fingerprint density at radius 3 is 2.41 bits per heavy atom. The highest BCUT2D eigenvalue weighted by molar-refractivity contribution is 5.85. The van der Waals surface area contributed by atoms with Crippen LogP contribution in [0.15, 0.2) is 217 Å². The van der Waals surface area contributed by atoms with E-state index in [1.54, 1.807) is 0 Å². The summed E-state index contributed by atoms with van der Waals surface area (Å²) in [7, 11) is 0. The first kappa shape index (κ1) is 38.5. The van der Waals surface area contributed by atoms with Gasteiger partial charge in [0.15, 0.2) is 0 Å². The third kappa shape index (κ3) is 7.83. The van der Waals surface area contributed by atoms with Crippen LogP contribution in [0, 0.1) is 16.7 Å². The maximum absolute atomic E-state index is 6.67. The summed E-state index contributed by atoms with van der Waals surface area (Å²) in [6.45, 7) is 16.1. The van der Waals surface area contributed by atoms with Crippen molar-refractivity contribution in [3.63, 3.8) is 0 Å². The van der Waals surface area contributed by atoms with E-state index in [1.165, 1.54) is 60.9 Å². The molecule has 5 unspecified atom stereocenters. The molecule has 2 N–H and O–H groups in total. The lowest BCUT2D eigenvalue weighted by Crippen LogP contribution is -2.44. The quantitative estimate of drug-likeness (QED) is 0.142. The SMILES string of the molecule is C=C1/C=C\C(C)C(C)(C23C=CC(=C2)/C=C(/C)c2ccccc2C3/C=C(C)/C=C\C(N)/C=C\Cc2ccc3ccccc3c2)\C=C/C=C\C(C)=C\1c1ccccc1. The zero-order chi connectivity index (χ0) is 39.3. The van der Waals surface area contributed by atoms with E-state index in [-0.39, 0.29) is 28.7 Å². The van der Waals surface area contributed by atoms with Crippen LogP contribution in [-0.2, 0) is 6.42 Å². The molecule has 2 bridgehead atoms. The van der Waals surface area contributed by atoms with Crippen molar-refractivity contribution in [1.82, 2.24) is 0 Å². The second kappa shape index (κ2) is 16.5. The van der Waals surface area contributed by atoms with Crippen LogP contribution in [0.1, 0.15) is 62.8 Å². The summed E-state index contributed by atoms with van der Waals surface area (Å²) in [6, 6.07) is 34.6. The molecule has 7 rings (SSSR count). The lowest BCUT2D eigenvalue weighted by Gasteiger charge is -2.51. The molecule has 4 aromatic rings. The average Bonchev–Trinajstić information content (AvgIpc) is 3.65. The standard InChI is InChI=1S/C55H55N/c1-39(26-31-49(56)23-16-18-44-29-30-46-19-10-11-22-48(46)37-44)35-52-51-25-13-12-24-50(51)42(4)36-45-32-34-55(52,38-45)54(6)33-15-14-17-40(2)53(41(3)27-28-43(54)5)47-20-8-7-9-21-47/h7-17,19-38,43,49,52H,3,18,56H2,1-2,4-6H3/b17-14-,23-16-,28-27-,31-26-,33-15-,39-35+,42-36-,53-40-. The van der Waals surface area contributed by atoms with E-state index in [0.717, 1.165) is 12.0 Å². The lowest BCUT2D eigenvalue weighted by atomic mass is 9.52. The maximum Gasteiger partial charge on any atom is 0.0413 e. The first-order chi connectivity index (χ1) is 27.1. The van der Waals surface area contributed by atoms with Gasteiger partial charge in [-0.15, -0.1) is 0 Å². The molecular weight excluding hydrogens is 675 g/mol. The largest absolute Gasteiger partial charge is 0.321 e. The van der Waals surface area contributed by atoms with Gasteiger partial charge in [-0.3, -0.25) is 0 Å². The fraction of sp³-hybridized carbons (Fsp3) is 0.200. The Kier molecular flexibility index (Phi) is 11.4. The molecule has 0 saturated carbocycles. The van der Waals surface area contributed by atoms with Crippen LogP contribution in [0.25, 0.3) is 21.9 Å². The molecular formula is C55H55N. The van der Waals surface area contributed by atoms with Crippen molar-refractivity contribution in [2.75, 3.05) is 0 Å². The van der Waals surface area contributed by atoms with Crippen molar-refractivity contribution >= 4 is 21.9 Å². The minimum absolute atomic E-state index is 0.0444. The molecule has 4 aromatic carbocycles. The molecule has 0 aliphatic heterocycles. The van der Waals surface area contributed by atoms with Crippen LogP contribution in [0.4, 0.5) is 0 Å². The first-order valence-corrected chi connectivity index (χ1v) is 20.0. The summed E-state index contributed by atoms with van der Waals surface area (Å²) < 4.78 is 0. The molecule has 0 amide bonds. The van der Waals surface area contributed by atoms with E-state index >= 15 is 0 Å². The lowest BCUT2D eigenvalue weighted by molar-refractivity contribution is 0.148. The van der Waals surface area contributed by atoms with E-state index in [9.17, 15) is 0 Å². The van der Waals surface area contributed by atoms with Crippen LogP contribution < -0.4 is 5.73 Å². The van der Waals surface area contributed by atoms with Gasteiger partial charge in [-0.1, -0.05) is 214 Å². The summed E-state index contributed by atoms with van der Waals surface area (Å²) in [5.74, 6) is 0.201. The van der Waals surface area contributed by atoms with Gasteiger partial charge in [-0.2, -0.15) is 0 Å². The van der Waals surface area contributed by atoms with Gasteiger partial charge < -0.3 is 5.73 Å². The van der Waals surface area contributed by atoms with Crippen molar-refractivity contribution < 1.29 is 0 Å². The van der Waals surface area contributed by atoms with Gasteiger partial charge in [-0.05, 0) is 94.0 Å². The first-order valence-electron chi connectivity index (χ1n) is 20.0. The number of nitrogens with two attached hydrogens (primary N) is 1. The predicted octanol–water partition coefficient (Wildman–Crippen LogP) is 13.8. The minimum atomic E-state index is -0.374. The van der Waals surface area contributed by atoms with E-state index in [4.69, 9.17) is 5.73 Å². The van der Waals surface area contributed by atoms with Crippen molar-refractivity contribution in [2.24, 2.45) is 22.5 Å². The van der Waals surface area contributed by atoms with Crippen LogP contribution in [0.5, 0.6) is 0 Å². The van der Waals surface area contributed by atoms with Crippen LogP contribution in [0.3, 0.4) is 0 Å². The van der Waals surface area contributed by atoms with Crippen molar-refractivity contribution in [2.45, 2.75) is 53.0 Å². The predicted molar refractivity (Wildman–Crippen MR) is 243 cm³/mol. The van der Waals surface area contributed by atoms with E-state index in [1.807, 2.05) is 0 Å². The van der Waals surface area contributed by atoms with E-state index < -0.39 is 0 Å². The van der Waals surface area contributed by atoms with E-state index in [2.05, 4.69) is 229 Å². The number of rotatable bonds is 8. The average molecular weight is 730 g/mol. The molecule has 1 heteroatoms. The third-order valence-corrected chi connectivity index (χ3v) is 12.3. The molecule has 280 valence electrons. The van der Waals surface area contributed by atoms with E-state index in [0.29, 0.717) is 0 Å². The second-order valence-electron chi connectivity index (χ2n) is 16.1. The molecule has 0 aromatic heterocycles. The van der Waals surface area contributed by atoms with Gasteiger partial charge in [0, 0.05) is 22.8 Å². The molecule has 56 heavy (non-hydrogen) atoms. The summed E-state index contributed by atoms with van der Waals surface area (Å²) >= 11 is 0. The topological polar surface area (TPSA) is 26.0 Å². The highest BCUT2D eigenvalue weighted by atomic mass is 14.6. The zero-order valence-corrected chi connectivity index (χ0v) is 33.6. The number of benzene rings is 4. The minimum Gasteiger partial charge on any atom is -0.321 e. The molecule has 0 radical (unpaired) electrons. The van der Waals surface area contributed by atoms with Crippen molar-refractivity contribution in [3.05, 3.63) is 239 Å². The Morgan fingerprint density at radius 2 is 1.59 bits per heavy atom. The summed E-state index contributed by atoms with van der Waals surface area (Å²) in [5.41, 5.74) is 18.2. The second-order valence-corrected chi connectivity index (χ2v) is 16.1. The Balaban J connectivity index is 1.24. The normalized spacial score (nSPS) is 28.5. The monoisotopic (exact) mass is 729 g/mol. The summed E-state index contributed by atoms with van der Waals surface area (Å²) in [5, 5.41) is 2.53. The van der Waals surface area contributed by atoms with Gasteiger partial charge in [0.05, 0.1) is 0 Å². The Labute approximate surface area is 335 Å². The van der Waals surface area contributed by atoms with Gasteiger partial charge in [0.2, 0.25) is 0 Å². The number of fused-ring (bicyclic) bond motifs is 3. The smallest absolute Gasteiger partial charge is 0.0413 e. The number of allylic oxidation sites excluding steroid dienone is 19. The Morgan fingerprint density at radius 1 is 0.839 bits per heavy atom. The third-order valence-electron chi connectivity index (χ3n) is 12.3. The van der Waals surface area contributed by atoms with Crippen LogP contribution in [-0.4, -0.2) is 6.04 Å². The molecule has 3 aliphatic carbocycles. The molecule has 5 atom stereocenters.